The van der Waals surface area contributed by atoms with Crippen LogP contribution in [0.1, 0.15) is 12.8 Å². The third-order valence-electron chi connectivity index (χ3n) is 5.10. The number of carboxylic acid groups (broad SMARTS) is 1. The van der Waals surface area contributed by atoms with Crippen LogP contribution in [0.3, 0.4) is 0 Å². The van der Waals surface area contributed by atoms with Crippen molar-refractivity contribution in [2.75, 3.05) is 40.0 Å². The number of ether oxygens (including phenoxy) is 3. The van der Waals surface area contributed by atoms with E-state index in [2.05, 4.69) is 10.5 Å². The van der Waals surface area contributed by atoms with Crippen LogP contribution in [0.15, 0.2) is 47.1 Å². The monoisotopic (exact) mass is 521 g/mol. The van der Waals surface area contributed by atoms with Crippen molar-refractivity contribution in [1.29, 1.82) is 0 Å². The first kappa shape index (κ1) is 28.3. The predicted octanol–water partition coefficient (Wildman–Crippen LogP) is 4.40. The molecule has 12 heteroatoms. The van der Waals surface area contributed by atoms with Gasteiger partial charge in [-0.1, -0.05) is 17.3 Å². The highest BCUT2D eigenvalue weighted by molar-refractivity contribution is 5.91. The van der Waals surface area contributed by atoms with Gasteiger partial charge in [0.05, 0.1) is 40.3 Å². The number of aliphatic carboxylic acids is 1. The third kappa shape index (κ3) is 6.37. The molecule has 3 aromatic rings. The number of anilines is 1. The summed E-state index contributed by atoms with van der Waals surface area (Å²) in [6.45, 7) is 0.196. The molecule has 2 N–H and O–H groups in total. The van der Waals surface area contributed by atoms with E-state index in [1.165, 1.54) is 28.4 Å². The molecule has 36 heavy (non-hydrogen) atoms. The number of benzene rings is 2. The van der Waals surface area contributed by atoms with Gasteiger partial charge in [-0.25, -0.2) is 4.79 Å². The number of hydrogen-bond donors (Lipinski definition) is 2. The van der Waals surface area contributed by atoms with Crippen molar-refractivity contribution in [3.63, 3.8) is 0 Å². The largest absolute Gasteiger partial charge is 0.493 e. The number of amides is 2. The lowest BCUT2D eigenvalue weighted by atomic mass is 10.0. The normalized spacial score (nSPS) is 10.2. The average molecular weight is 522 g/mol. The van der Waals surface area contributed by atoms with Gasteiger partial charge >= 0.3 is 12.0 Å². The summed E-state index contributed by atoms with van der Waals surface area (Å²) in [5.74, 6) is 0.911. The summed E-state index contributed by atoms with van der Waals surface area (Å²) in [5.41, 5.74) is 2.49. The standard InChI is InChI=1S/C24H27N3O8.ClH/c1-31-19-12-16(13-20(32-2)23(19)33-3)22-18(14-26-35-22)15-7-5-8-17(11-15)27(34-4)24(30)25-10-6-9-21(28)29;/h5,7-8,11-14H,6,9-10H2,1-4H3,(H,25,30)(H,28,29);1H. The van der Waals surface area contributed by atoms with Gasteiger partial charge in [-0.05, 0) is 36.2 Å². The Balaban J connectivity index is 0.00000456. The van der Waals surface area contributed by atoms with Gasteiger partial charge in [-0.3, -0.25) is 9.63 Å². The summed E-state index contributed by atoms with van der Waals surface area (Å²) in [6.07, 6.45) is 1.83. The topological polar surface area (TPSA) is 133 Å². The Morgan fingerprint density at radius 3 is 2.31 bits per heavy atom. The summed E-state index contributed by atoms with van der Waals surface area (Å²) in [4.78, 5) is 28.5. The van der Waals surface area contributed by atoms with Gasteiger partial charge in [0.25, 0.3) is 0 Å². The number of carboxylic acids is 1. The molecule has 0 spiro atoms. The molecule has 3 rings (SSSR count). The van der Waals surface area contributed by atoms with E-state index in [1.54, 1.807) is 36.5 Å². The molecule has 0 radical (unpaired) electrons. The van der Waals surface area contributed by atoms with E-state index in [0.717, 1.165) is 5.06 Å². The van der Waals surface area contributed by atoms with Crippen LogP contribution in [0.5, 0.6) is 17.2 Å². The third-order valence-corrected chi connectivity index (χ3v) is 5.10. The van der Waals surface area contributed by atoms with Crippen LogP contribution >= 0.6 is 12.4 Å². The fourth-order valence-electron chi connectivity index (χ4n) is 3.48. The first-order valence-electron chi connectivity index (χ1n) is 10.6. The summed E-state index contributed by atoms with van der Waals surface area (Å²) in [6, 6.07) is 10.0. The molecular weight excluding hydrogens is 494 g/mol. The molecule has 0 aliphatic rings. The van der Waals surface area contributed by atoms with Gasteiger partial charge in [0.1, 0.15) is 0 Å². The maximum Gasteiger partial charge on any atom is 0.346 e. The van der Waals surface area contributed by atoms with E-state index in [-0.39, 0.29) is 25.4 Å². The van der Waals surface area contributed by atoms with Crippen LogP contribution in [0, 0.1) is 0 Å². The highest BCUT2D eigenvalue weighted by Crippen LogP contribution is 2.43. The predicted molar refractivity (Wildman–Crippen MR) is 134 cm³/mol. The number of methoxy groups -OCH3 is 3. The van der Waals surface area contributed by atoms with Crippen LogP contribution in [-0.4, -0.2) is 57.2 Å². The highest BCUT2D eigenvalue weighted by atomic mass is 35.5. The minimum atomic E-state index is -0.924. The molecule has 11 nitrogen and oxygen atoms in total. The van der Waals surface area contributed by atoms with Gasteiger partial charge < -0.3 is 29.2 Å². The first-order valence-corrected chi connectivity index (χ1v) is 10.6. The number of carbonyl (C=O) groups excluding carboxylic acids is 1. The van der Waals surface area contributed by atoms with Crippen LogP contribution in [0.2, 0.25) is 0 Å². The zero-order chi connectivity index (χ0) is 25.4. The van der Waals surface area contributed by atoms with E-state index in [9.17, 15) is 9.59 Å². The Morgan fingerprint density at radius 1 is 1.03 bits per heavy atom. The van der Waals surface area contributed by atoms with Crippen molar-refractivity contribution in [1.82, 2.24) is 10.5 Å². The van der Waals surface area contributed by atoms with Gasteiger partial charge in [0.2, 0.25) is 5.75 Å². The van der Waals surface area contributed by atoms with E-state index in [1.807, 2.05) is 6.07 Å². The second kappa shape index (κ2) is 13.2. The number of hydroxylamine groups is 1. The zero-order valence-corrected chi connectivity index (χ0v) is 21.1. The lowest BCUT2D eigenvalue weighted by molar-refractivity contribution is -0.137. The molecular formula is C24H28ClN3O8. The smallest absolute Gasteiger partial charge is 0.346 e. The van der Waals surface area contributed by atoms with Crippen molar-refractivity contribution < 1.29 is 38.3 Å². The molecule has 2 amide bonds. The van der Waals surface area contributed by atoms with Crippen LogP contribution in [0.4, 0.5) is 10.5 Å². The molecule has 1 heterocycles. The van der Waals surface area contributed by atoms with Crippen molar-refractivity contribution >= 4 is 30.1 Å². The molecule has 1 aromatic heterocycles. The first-order chi connectivity index (χ1) is 16.9. The highest BCUT2D eigenvalue weighted by Gasteiger charge is 2.21. The number of rotatable bonds is 11. The maximum atomic E-state index is 12.6. The van der Waals surface area contributed by atoms with Crippen LogP contribution in [-0.2, 0) is 9.63 Å². The minimum Gasteiger partial charge on any atom is -0.493 e. The molecule has 0 unspecified atom stereocenters. The van der Waals surface area contributed by atoms with E-state index in [4.69, 9.17) is 28.7 Å². The quantitative estimate of drug-likeness (QED) is 0.278. The number of urea groups is 1. The van der Waals surface area contributed by atoms with Crippen molar-refractivity contribution in [3.8, 4) is 39.7 Å². The van der Waals surface area contributed by atoms with Gasteiger partial charge in [-0.15, -0.1) is 12.4 Å². The molecule has 0 aliphatic carbocycles. The molecule has 0 atom stereocenters. The van der Waals surface area contributed by atoms with Gasteiger partial charge in [0, 0.05) is 24.1 Å². The Hall–Kier alpha value is -3.96. The molecule has 0 bridgehead atoms. The zero-order valence-electron chi connectivity index (χ0n) is 20.3. The Kier molecular flexibility index (Phi) is 10.4. The van der Waals surface area contributed by atoms with Gasteiger partial charge in [0.15, 0.2) is 17.3 Å². The lowest BCUT2D eigenvalue weighted by Gasteiger charge is -2.20. The Morgan fingerprint density at radius 2 is 1.72 bits per heavy atom. The van der Waals surface area contributed by atoms with Crippen molar-refractivity contribution in [2.45, 2.75) is 12.8 Å². The average Bonchev–Trinajstić information content (AvgIpc) is 3.36. The van der Waals surface area contributed by atoms with Crippen molar-refractivity contribution in [2.24, 2.45) is 0 Å². The maximum absolute atomic E-state index is 12.6. The van der Waals surface area contributed by atoms with Crippen LogP contribution < -0.4 is 24.6 Å². The molecule has 0 aliphatic heterocycles. The van der Waals surface area contributed by atoms with Crippen molar-refractivity contribution in [3.05, 3.63) is 42.6 Å². The molecule has 2 aromatic carbocycles. The summed E-state index contributed by atoms with van der Waals surface area (Å²) in [5, 5.41) is 16.4. The molecule has 0 saturated heterocycles. The Bertz CT molecular complexity index is 1160. The second-order valence-corrected chi connectivity index (χ2v) is 7.24. The number of aromatic nitrogens is 1. The summed E-state index contributed by atoms with van der Waals surface area (Å²) >= 11 is 0. The molecule has 194 valence electrons. The number of halogens is 1. The van der Waals surface area contributed by atoms with E-state index in [0.29, 0.717) is 51.8 Å². The molecule has 0 fully saturated rings. The summed E-state index contributed by atoms with van der Waals surface area (Å²) in [7, 11) is 5.94. The second-order valence-electron chi connectivity index (χ2n) is 7.24. The SMILES string of the molecule is COc1cc(-c2oncc2-c2cccc(N(OC)C(=O)NCCCC(=O)O)c2)cc(OC)c1OC.Cl. The minimum absolute atomic E-state index is 0. The fourth-order valence-corrected chi connectivity index (χ4v) is 3.48. The van der Waals surface area contributed by atoms with Gasteiger partial charge in [-0.2, -0.15) is 5.06 Å². The number of nitrogens with zero attached hydrogens (tertiary/aromatic N) is 2. The number of nitrogens with one attached hydrogen (secondary N) is 1. The molecule has 0 saturated carbocycles. The van der Waals surface area contributed by atoms with Crippen LogP contribution in [0.25, 0.3) is 22.5 Å². The van der Waals surface area contributed by atoms with E-state index < -0.39 is 12.0 Å². The number of hydrogen-bond acceptors (Lipinski definition) is 8. The summed E-state index contributed by atoms with van der Waals surface area (Å²) < 4.78 is 21.8. The lowest BCUT2D eigenvalue weighted by Crippen LogP contribution is -2.39. The Labute approximate surface area is 214 Å². The fraction of sp³-hybridized carbons (Fsp3) is 0.292. The van der Waals surface area contributed by atoms with E-state index >= 15 is 0 Å². The number of carbonyl (C=O) groups is 2.